The van der Waals surface area contributed by atoms with Gasteiger partial charge in [0, 0.05) is 48.3 Å². The molecule has 2 unspecified atom stereocenters. The molecule has 6 rings (SSSR count). The van der Waals surface area contributed by atoms with Gasteiger partial charge in [0.25, 0.3) is 0 Å². The number of fused-ring (bicyclic) bond motifs is 2. The number of phenols is 1. The third kappa shape index (κ3) is 4.79. The number of anilines is 2. The molecule has 2 amide bonds. The molecule has 1 fully saturated rings. The van der Waals surface area contributed by atoms with E-state index in [0.29, 0.717) is 56.7 Å². The molecule has 4 aromatic rings. The normalized spacial score (nSPS) is 16.9. The molecule has 0 bridgehead atoms. The maximum Gasteiger partial charge on any atom is 0.321 e. The molecule has 0 radical (unpaired) electrons. The number of para-hydroxylation sites is 1. The van der Waals surface area contributed by atoms with Crippen molar-refractivity contribution in [2.75, 3.05) is 43.7 Å². The van der Waals surface area contributed by atoms with Crippen molar-refractivity contribution in [1.82, 2.24) is 19.5 Å². The van der Waals surface area contributed by atoms with Crippen LogP contribution in [0, 0.1) is 5.92 Å². The standard InChI is InChI=1S/C27H29N6O4P/c1-38-24-14-29-33-25(12-20(31-26(24)33)19-6-2-3-7-21(19)34)28-13-17-5-4-10-32(15-17)27(35)30-18-8-9-22-23(11-18)37-16-36-22/h2-3,6-9,11-12,14,17,28,34,38H,4-5,10,13,15-16H2,1H3,(H,30,35). The van der Waals surface area contributed by atoms with Gasteiger partial charge in [-0.1, -0.05) is 20.7 Å². The van der Waals surface area contributed by atoms with Crippen LogP contribution in [-0.2, 0) is 0 Å². The molecule has 4 heterocycles. The lowest BCUT2D eigenvalue weighted by atomic mass is 9.98. The fraction of sp³-hybridized carbons (Fsp3) is 0.296. The molecule has 2 aliphatic heterocycles. The molecule has 3 N–H and O–H groups in total. The molecule has 11 heteroatoms. The highest BCUT2D eigenvalue weighted by Gasteiger charge is 2.25. The van der Waals surface area contributed by atoms with Gasteiger partial charge in [-0.15, -0.1) is 0 Å². The van der Waals surface area contributed by atoms with Crippen molar-refractivity contribution in [2.24, 2.45) is 5.92 Å². The Morgan fingerprint density at radius 1 is 1.18 bits per heavy atom. The number of carbonyl (C=O) groups excluding carboxylic acids is 1. The fourth-order valence-electron chi connectivity index (χ4n) is 4.94. The number of likely N-dealkylation sites (tertiary alicyclic amines) is 1. The van der Waals surface area contributed by atoms with Crippen LogP contribution in [0.4, 0.5) is 16.3 Å². The summed E-state index contributed by atoms with van der Waals surface area (Å²) in [7, 11) is 0.544. The Labute approximate surface area is 221 Å². The van der Waals surface area contributed by atoms with Crippen LogP contribution in [0.2, 0.25) is 0 Å². The van der Waals surface area contributed by atoms with Gasteiger partial charge in [-0.2, -0.15) is 9.61 Å². The van der Waals surface area contributed by atoms with Crippen molar-refractivity contribution in [3.8, 4) is 28.5 Å². The number of hydrogen-bond acceptors (Lipinski definition) is 7. The number of benzene rings is 2. The molecule has 0 saturated carbocycles. The minimum absolute atomic E-state index is 0.123. The van der Waals surface area contributed by atoms with E-state index < -0.39 is 0 Å². The number of phenolic OH excluding ortho intramolecular Hbond substituents is 1. The number of rotatable bonds is 6. The van der Waals surface area contributed by atoms with E-state index in [0.717, 1.165) is 29.6 Å². The van der Waals surface area contributed by atoms with Crippen LogP contribution in [0.5, 0.6) is 17.2 Å². The highest BCUT2D eigenvalue weighted by atomic mass is 31.1. The van der Waals surface area contributed by atoms with Crippen LogP contribution in [0.3, 0.4) is 0 Å². The minimum atomic E-state index is -0.123. The first-order valence-electron chi connectivity index (χ1n) is 12.6. The molecule has 2 aliphatic rings. The number of piperidine rings is 1. The quantitative estimate of drug-likeness (QED) is 0.320. The molecule has 196 valence electrons. The van der Waals surface area contributed by atoms with E-state index in [1.165, 1.54) is 0 Å². The van der Waals surface area contributed by atoms with Gasteiger partial charge >= 0.3 is 6.03 Å². The summed E-state index contributed by atoms with van der Waals surface area (Å²) >= 11 is 0. The SMILES string of the molecule is CPc1cnn2c(NCC3CCCN(C(=O)Nc4ccc5c(c4)OCO5)C3)cc(-c3ccccc3O)nc12. The Morgan fingerprint density at radius 3 is 2.92 bits per heavy atom. The average Bonchev–Trinajstić information content (AvgIpc) is 3.58. The molecular weight excluding hydrogens is 503 g/mol. The zero-order valence-electron chi connectivity index (χ0n) is 21.0. The zero-order valence-corrected chi connectivity index (χ0v) is 22.0. The minimum Gasteiger partial charge on any atom is -0.507 e. The number of aromatic nitrogens is 3. The summed E-state index contributed by atoms with van der Waals surface area (Å²) in [6, 6.07) is 14.4. The lowest BCUT2D eigenvalue weighted by molar-refractivity contribution is 0.174. The summed E-state index contributed by atoms with van der Waals surface area (Å²) in [4.78, 5) is 19.7. The summed E-state index contributed by atoms with van der Waals surface area (Å²) in [5.74, 6) is 2.59. The van der Waals surface area contributed by atoms with Crippen molar-refractivity contribution < 1.29 is 19.4 Å². The number of hydrogen-bond donors (Lipinski definition) is 3. The molecule has 0 aliphatic carbocycles. The van der Waals surface area contributed by atoms with Gasteiger partial charge in [-0.3, -0.25) is 0 Å². The zero-order chi connectivity index (χ0) is 26.1. The molecule has 2 aromatic heterocycles. The van der Waals surface area contributed by atoms with E-state index in [-0.39, 0.29) is 24.5 Å². The van der Waals surface area contributed by atoms with E-state index in [1.807, 2.05) is 39.9 Å². The Morgan fingerprint density at radius 2 is 2.05 bits per heavy atom. The number of nitrogens with zero attached hydrogens (tertiary/aromatic N) is 4. The van der Waals surface area contributed by atoms with E-state index in [9.17, 15) is 9.90 Å². The molecule has 0 spiro atoms. The number of ether oxygens (including phenoxy) is 2. The third-order valence-electron chi connectivity index (χ3n) is 6.92. The highest BCUT2D eigenvalue weighted by molar-refractivity contribution is 7.46. The van der Waals surface area contributed by atoms with Crippen LogP contribution in [0.25, 0.3) is 16.9 Å². The maximum atomic E-state index is 13.0. The summed E-state index contributed by atoms with van der Waals surface area (Å²) in [5, 5.41) is 22.6. The summed E-state index contributed by atoms with van der Waals surface area (Å²) < 4.78 is 12.6. The highest BCUT2D eigenvalue weighted by Crippen LogP contribution is 2.34. The van der Waals surface area contributed by atoms with Crippen LogP contribution >= 0.6 is 8.58 Å². The van der Waals surface area contributed by atoms with Gasteiger partial charge in [-0.05, 0) is 49.7 Å². The first-order chi connectivity index (χ1) is 18.6. The number of amides is 2. The first kappa shape index (κ1) is 24.3. The van der Waals surface area contributed by atoms with Crippen LogP contribution in [0.1, 0.15) is 12.8 Å². The van der Waals surface area contributed by atoms with Crippen LogP contribution in [-0.4, -0.2) is 63.7 Å². The third-order valence-corrected chi connectivity index (χ3v) is 7.81. The predicted octanol–water partition coefficient (Wildman–Crippen LogP) is 4.12. The van der Waals surface area contributed by atoms with Gasteiger partial charge < -0.3 is 30.1 Å². The molecule has 2 atom stereocenters. The number of carbonyl (C=O) groups is 1. The summed E-state index contributed by atoms with van der Waals surface area (Å²) in [6.07, 6.45) is 3.80. The van der Waals surface area contributed by atoms with E-state index >= 15 is 0 Å². The van der Waals surface area contributed by atoms with Gasteiger partial charge in [0.1, 0.15) is 11.6 Å². The average molecular weight is 533 g/mol. The Kier molecular flexibility index (Phi) is 6.64. The lowest BCUT2D eigenvalue weighted by Gasteiger charge is -2.33. The topological polar surface area (TPSA) is 113 Å². The molecule has 1 saturated heterocycles. The molecular formula is C27H29N6O4P. The Hall–Kier alpha value is -4.04. The molecule has 38 heavy (non-hydrogen) atoms. The van der Waals surface area contributed by atoms with Crippen LogP contribution in [0.15, 0.2) is 54.7 Å². The van der Waals surface area contributed by atoms with Gasteiger partial charge in [0.2, 0.25) is 6.79 Å². The second kappa shape index (κ2) is 10.4. The first-order valence-corrected chi connectivity index (χ1v) is 14.1. The van der Waals surface area contributed by atoms with Gasteiger partial charge in [0.15, 0.2) is 17.1 Å². The summed E-state index contributed by atoms with van der Waals surface area (Å²) in [5.41, 5.74) is 2.82. The van der Waals surface area contributed by atoms with E-state index in [2.05, 4.69) is 22.4 Å². The second-order valence-corrected chi connectivity index (χ2v) is 10.5. The summed E-state index contributed by atoms with van der Waals surface area (Å²) in [6.45, 7) is 4.33. The van der Waals surface area contributed by atoms with Crippen molar-refractivity contribution in [1.29, 1.82) is 0 Å². The number of aromatic hydroxyl groups is 1. The largest absolute Gasteiger partial charge is 0.507 e. The number of urea groups is 1. The Balaban J connectivity index is 1.16. The molecule has 10 nitrogen and oxygen atoms in total. The van der Waals surface area contributed by atoms with Crippen LogP contribution < -0.4 is 25.4 Å². The van der Waals surface area contributed by atoms with Crippen molar-refractivity contribution >= 4 is 37.1 Å². The Bertz CT molecular complexity index is 1490. The smallest absolute Gasteiger partial charge is 0.321 e. The predicted molar refractivity (Wildman–Crippen MR) is 148 cm³/mol. The van der Waals surface area contributed by atoms with Crippen molar-refractivity contribution in [3.05, 3.63) is 54.7 Å². The molecule has 2 aromatic carbocycles. The van der Waals surface area contributed by atoms with Gasteiger partial charge in [-0.25, -0.2) is 9.78 Å². The van der Waals surface area contributed by atoms with E-state index in [4.69, 9.17) is 14.5 Å². The lowest BCUT2D eigenvalue weighted by Crippen LogP contribution is -2.44. The van der Waals surface area contributed by atoms with Crippen molar-refractivity contribution in [2.45, 2.75) is 12.8 Å². The monoisotopic (exact) mass is 532 g/mol. The fourth-order valence-corrected chi connectivity index (χ4v) is 5.51. The number of nitrogens with one attached hydrogen (secondary N) is 2. The van der Waals surface area contributed by atoms with Crippen molar-refractivity contribution in [3.63, 3.8) is 0 Å². The second-order valence-electron chi connectivity index (χ2n) is 9.42. The van der Waals surface area contributed by atoms with Gasteiger partial charge in [0.05, 0.1) is 11.9 Å². The van der Waals surface area contributed by atoms with E-state index in [1.54, 1.807) is 24.3 Å². The maximum absolute atomic E-state index is 13.0.